The van der Waals surface area contributed by atoms with Crippen molar-refractivity contribution >= 4 is 45.5 Å². The van der Waals surface area contributed by atoms with Crippen molar-refractivity contribution in [2.75, 3.05) is 16.4 Å². The summed E-state index contributed by atoms with van der Waals surface area (Å²) in [7, 11) is 0. The Labute approximate surface area is 161 Å². The molecule has 26 heavy (non-hydrogen) atoms. The molecule has 2 aromatic carbocycles. The largest absolute Gasteiger partial charge is 0.330 e. The molecule has 7 heteroatoms. The summed E-state index contributed by atoms with van der Waals surface area (Å²) in [6.45, 7) is 6.02. The number of nitrogens with zero attached hydrogens (tertiary/aromatic N) is 2. The Morgan fingerprint density at radius 1 is 1.08 bits per heavy atom. The molecule has 0 saturated heterocycles. The second-order valence-electron chi connectivity index (χ2n) is 5.97. The average Bonchev–Trinajstić information content (AvgIpc) is 3.04. The molecular formula is C19H20N4OS2. The predicted octanol–water partition coefficient (Wildman–Crippen LogP) is 4.94. The molecule has 0 aliphatic carbocycles. The molecule has 0 aliphatic heterocycles. The predicted molar refractivity (Wildman–Crippen MR) is 110 cm³/mol. The van der Waals surface area contributed by atoms with Crippen LogP contribution in [0.1, 0.15) is 16.7 Å². The third-order valence-corrected chi connectivity index (χ3v) is 5.72. The number of hydrogen-bond acceptors (Lipinski definition) is 6. The molecule has 0 radical (unpaired) electrons. The van der Waals surface area contributed by atoms with Crippen LogP contribution >= 0.6 is 23.1 Å². The van der Waals surface area contributed by atoms with Gasteiger partial charge in [-0.1, -0.05) is 53.4 Å². The van der Waals surface area contributed by atoms with E-state index in [-0.39, 0.29) is 5.91 Å². The standard InChI is InChI=1S/C19H20N4OS2/c1-12-6-4-9-15(10-12)20-18-22-23-19(26-18)25-11-16(24)21-17-13(2)7-5-8-14(17)3/h4-10H,11H2,1-3H3,(H,20,22)(H,21,24). The fraction of sp³-hybridized carbons (Fsp3) is 0.211. The van der Waals surface area contributed by atoms with Gasteiger partial charge in [-0.3, -0.25) is 4.79 Å². The highest BCUT2D eigenvalue weighted by Crippen LogP contribution is 2.28. The van der Waals surface area contributed by atoms with Crippen molar-refractivity contribution < 1.29 is 4.79 Å². The first kappa shape index (κ1) is 18.4. The summed E-state index contributed by atoms with van der Waals surface area (Å²) in [6, 6.07) is 14.0. The highest BCUT2D eigenvalue weighted by molar-refractivity contribution is 8.01. The van der Waals surface area contributed by atoms with Crippen LogP contribution in [0.5, 0.6) is 0 Å². The fourth-order valence-electron chi connectivity index (χ4n) is 2.48. The highest BCUT2D eigenvalue weighted by atomic mass is 32.2. The summed E-state index contributed by atoms with van der Waals surface area (Å²) in [5, 5.41) is 15.2. The van der Waals surface area contributed by atoms with Crippen molar-refractivity contribution in [3.8, 4) is 0 Å². The maximum absolute atomic E-state index is 12.2. The van der Waals surface area contributed by atoms with E-state index >= 15 is 0 Å². The number of carbonyl (C=O) groups excluding carboxylic acids is 1. The first-order valence-electron chi connectivity index (χ1n) is 8.17. The molecule has 0 atom stereocenters. The van der Waals surface area contributed by atoms with E-state index in [1.54, 1.807) is 0 Å². The normalized spacial score (nSPS) is 10.6. The minimum Gasteiger partial charge on any atom is -0.330 e. The monoisotopic (exact) mass is 384 g/mol. The van der Waals surface area contributed by atoms with Gasteiger partial charge in [-0.15, -0.1) is 10.2 Å². The number of aryl methyl sites for hydroxylation is 3. The number of amides is 1. The molecule has 1 aromatic heterocycles. The molecule has 3 aromatic rings. The molecule has 1 heterocycles. The highest BCUT2D eigenvalue weighted by Gasteiger charge is 2.11. The maximum Gasteiger partial charge on any atom is 0.234 e. The van der Waals surface area contributed by atoms with Gasteiger partial charge >= 0.3 is 0 Å². The van der Waals surface area contributed by atoms with Crippen molar-refractivity contribution in [1.82, 2.24) is 10.2 Å². The second-order valence-corrected chi connectivity index (χ2v) is 8.17. The van der Waals surface area contributed by atoms with E-state index in [4.69, 9.17) is 0 Å². The number of para-hydroxylation sites is 1. The van der Waals surface area contributed by atoms with Crippen LogP contribution in [0.25, 0.3) is 0 Å². The Hall–Kier alpha value is -2.38. The Bertz CT molecular complexity index is 903. The van der Waals surface area contributed by atoms with Crippen LogP contribution in [0.3, 0.4) is 0 Å². The lowest BCUT2D eigenvalue weighted by molar-refractivity contribution is -0.113. The van der Waals surface area contributed by atoms with Gasteiger partial charge in [0.2, 0.25) is 11.0 Å². The van der Waals surface area contributed by atoms with Gasteiger partial charge in [0.1, 0.15) is 0 Å². The number of benzene rings is 2. The molecule has 0 bridgehead atoms. The van der Waals surface area contributed by atoms with Crippen LogP contribution in [-0.4, -0.2) is 21.9 Å². The van der Waals surface area contributed by atoms with E-state index in [2.05, 4.69) is 20.8 Å². The maximum atomic E-state index is 12.2. The zero-order valence-corrected chi connectivity index (χ0v) is 16.5. The number of carbonyl (C=O) groups is 1. The van der Waals surface area contributed by atoms with Gasteiger partial charge < -0.3 is 10.6 Å². The molecule has 134 valence electrons. The second kappa shape index (κ2) is 8.33. The topological polar surface area (TPSA) is 66.9 Å². The molecule has 0 saturated carbocycles. The minimum absolute atomic E-state index is 0.0456. The van der Waals surface area contributed by atoms with Crippen LogP contribution < -0.4 is 10.6 Å². The van der Waals surface area contributed by atoms with Crippen LogP contribution in [0.4, 0.5) is 16.5 Å². The minimum atomic E-state index is -0.0456. The van der Waals surface area contributed by atoms with E-state index < -0.39 is 0 Å². The summed E-state index contributed by atoms with van der Waals surface area (Å²) in [6.07, 6.45) is 0. The smallest absolute Gasteiger partial charge is 0.234 e. The Morgan fingerprint density at radius 2 is 1.81 bits per heavy atom. The molecule has 2 N–H and O–H groups in total. The number of nitrogens with one attached hydrogen (secondary N) is 2. The van der Waals surface area contributed by atoms with Crippen molar-refractivity contribution in [3.05, 3.63) is 59.2 Å². The van der Waals surface area contributed by atoms with Gasteiger partial charge in [-0.05, 0) is 49.6 Å². The Kier molecular flexibility index (Phi) is 5.90. The van der Waals surface area contributed by atoms with Gasteiger partial charge in [-0.25, -0.2) is 0 Å². The van der Waals surface area contributed by atoms with Gasteiger partial charge in [0.05, 0.1) is 5.75 Å². The third kappa shape index (κ3) is 4.83. The van der Waals surface area contributed by atoms with Gasteiger partial charge in [0.15, 0.2) is 4.34 Å². The number of thioether (sulfide) groups is 1. The molecule has 0 spiro atoms. The van der Waals surface area contributed by atoms with E-state index in [1.165, 1.54) is 28.7 Å². The van der Waals surface area contributed by atoms with Gasteiger partial charge in [0, 0.05) is 11.4 Å². The Balaban J connectivity index is 1.55. The van der Waals surface area contributed by atoms with E-state index in [9.17, 15) is 4.79 Å². The lowest BCUT2D eigenvalue weighted by Gasteiger charge is -2.10. The molecule has 0 unspecified atom stereocenters. The molecule has 0 fully saturated rings. The lowest BCUT2D eigenvalue weighted by Crippen LogP contribution is -2.15. The number of rotatable bonds is 6. The van der Waals surface area contributed by atoms with Crippen molar-refractivity contribution in [3.63, 3.8) is 0 Å². The van der Waals surface area contributed by atoms with E-state index in [1.807, 2.05) is 63.2 Å². The van der Waals surface area contributed by atoms with Crippen LogP contribution in [0.2, 0.25) is 0 Å². The number of anilines is 3. The Morgan fingerprint density at radius 3 is 2.54 bits per heavy atom. The molecular weight excluding hydrogens is 364 g/mol. The van der Waals surface area contributed by atoms with Gasteiger partial charge in [-0.2, -0.15) is 0 Å². The molecule has 3 rings (SSSR count). The van der Waals surface area contributed by atoms with Crippen LogP contribution in [0, 0.1) is 20.8 Å². The summed E-state index contributed by atoms with van der Waals surface area (Å²) in [4.78, 5) is 12.2. The number of aromatic nitrogens is 2. The summed E-state index contributed by atoms with van der Waals surface area (Å²) >= 11 is 2.82. The van der Waals surface area contributed by atoms with Crippen molar-refractivity contribution in [2.45, 2.75) is 25.1 Å². The van der Waals surface area contributed by atoms with Crippen molar-refractivity contribution in [1.29, 1.82) is 0 Å². The summed E-state index contributed by atoms with van der Waals surface area (Å²) in [5.41, 5.74) is 5.16. The fourth-order valence-corrected chi connectivity index (χ4v) is 4.05. The average molecular weight is 385 g/mol. The zero-order chi connectivity index (χ0) is 18.5. The van der Waals surface area contributed by atoms with Crippen LogP contribution in [0.15, 0.2) is 46.8 Å². The first-order chi connectivity index (χ1) is 12.5. The van der Waals surface area contributed by atoms with Gasteiger partial charge in [0.25, 0.3) is 0 Å². The molecule has 0 aliphatic rings. The SMILES string of the molecule is Cc1cccc(Nc2nnc(SCC(=O)Nc3c(C)cccc3C)s2)c1. The third-order valence-electron chi connectivity index (χ3n) is 3.75. The van der Waals surface area contributed by atoms with Crippen LogP contribution in [-0.2, 0) is 4.79 Å². The van der Waals surface area contributed by atoms with E-state index in [0.29, 0.717) is 10.9 Å². The molecule has 1 amide bonds. The van der Waals surface area contributed by atoms with E-state index in [0.717, 1.165) is 26.8 Å². The lowest BCUT2D eigenvalue weighted by atomic mass is 10.1. The number of hydrogen-bond donors (Lipinski definition) is 2. The van der Waals surface area contributed by atoms with Crippen molar-refractivity contribution in [2.24, 2.45) is 0 Å². The first-order valence-corrected chi connectivity index (χ1v) is 9.97. The summed E-state index contributed by atoms with van der Waals surface area (Å²) in [5.74, 6) is 0.253. The molecule has 5 nitrogen and oxygen atoms in total. The summed E-state index contributed by atoms with van der Waals surface area (Å²) < 4.78 is 0.761. The quantitative estimate of drug-likeness (QED) is 0.589. The zero-order valence-electron chi connectivity index (χ0n) is 14.9.